The second-order valence-electron chi connectivity index (χ2n) is 7.50. The van der Waals surface area contributed by atoms with Crippen LogP contribution in [0.3, 0.4) is 0 Å². The van der Waals surface area contributed by atoms with Gasteiger partial charge in [0.25, 0.3) is 0 Å². The summed E-state index contributed by atoms with van der Waals surface area (Å²) >= 11 is 3.41. The normalized spacial score (nSPS) is 11.2. The zero-order chi connectivity index (χ0) is 21.0. The number of rotatable bonds is 7. The molecule has 0 atom stereocenters. The van der Waals surface area contributed by atoms with Gasteiger partial charge in [0.2, 0.25) is 0 Å². The maximum Gasteiger partial charge on any atom is 0.167 e. The van der Waals surface area contributed by atoms with Crippen LogP contribution in [0.15, 0.2) is 77.3 Å². The Bertz CT molecular complexity index is 1020. The Morgan fingerprint density at radius 1 is 0.897 bits per heavy atom. The van der Waals surface area contributed by atoms with E-state index in [9.17, 15) is 9.59 Å². The molecule has 0 spiro atoms. The van der Waals surface area contributed by atoms with E-state index in [0.29, 0.717) is 23.3 Å². The summed E-state index contributed by atoms with van der Waals surface area (Å²) in [7, 11) is 0. The Morgan fingerprint density at radius 3 is 2.17 bits per heavy atom. The average molecular weight is 451 g/mol. The molecule has 0 heterocycles. The van der Waals surface area contributed by atoms with E-state index in [2.05, 4.69) is 15.9 Å². The summed E-state index contributed by atoms with van der Waals surface area (Å²) in [5, 5.41) is 0. The van der Waals surface area contributed by atoms with Crippen LogP contribution in [0.25, 0.3) is 0 Å². The summed E-state index contributed by atoms with van der Waals surface area (Å²) in [6, 6.07) is 22.4. The summed E-state index contributed by atoms with van der Waals surface area (Å²) in [5.74, 6) is 0.709. The molecule has 0 bridgehead atoms. The first-order valence-corrected chi connectivity index (χ1v) is 10.2. The zero-order valence-corrected chi connectivity index (χ0v) is 18.3. The van der Waals surface area contributed by atoms with E-state index in [1.807, 2.05) is 68.4 Å². The van der Waals surface area contributed by atoms with E-state index in [1.54, 1.807) is 25.1 Å². The van der Waals surface area contributed by atoms with Gasteiger partial charge in [-0.15, -0.1) is 0 Å². The highest BCUT2D eigenvalue weighted by Gasteiger charge is 2.23. The molecule has 0 unspecified atom stereocenters. The fourth-order valence-electron chi connectivity index (χ4n) is 3.08. The topological polar surface area (TPSA) is 43.4 Å². The molecule has 148 valence electrons. The highest BCUT2D eigenvalue weighted by Crippen LogP contribution is 2.29. The number of ketones is 2. The molecule has 0 radical (unpaired) electrons. The second kappa shape index (κ2) is 8.75. The molecule has 3 nitrogen and oxygen atoms in total. The van der Waals surface area contributed by atoms with E-state index in [-0.39, 0.29) is 11.6 Å². The molecule has 0 saturated heterocycles. The predicted octanol–water partition coefficient (Wildman–Crippen LogP) is 6.39. The van der Waals surface area contributed by atoms with Crippen molar-refractivity contribution in [3.8, 4) is 5.75 Å². The molecule has 3 aromatic carbocycles. The number of hydrogen-bond donors (Lipinski definition) is 0. The van der Waals surface area contributed by atoms with Gasteiger partial charge in [-0.2, -0.15) is 0 Å². The van der Waals surface area contributed by atoms with Crippen LogP contribution in [0.2, 0.25) is 0 Å². The fraction of sp³-hybridized carbons (Fsp3) is 0.200. The molecule has 0 aliphatic carbocycles. The first-order chi connectivity index (χ1) is 13.7. The maximum atomic E-state index is 12.7. The lowest BCUT2D eigenvalue weighted by molar-refractivity contribution is 0.0982. The molecule has 4 heteroatoms. The van der Waals surface area contributed by atoms with Crippen LogP contribution in [0.1, 0.15) is 52.6 Å². The summed E-state index contributed by atoms with van der Waals surface area (Å²) < 4.78 is 7.19. The van der Waals surface area contributed by atoms with Gasteiger partial charge in [-0.1, -0.05) is 64.5 Å². The van der Waals surface area contributed by atoms with Crippen molar-refractivity contribution >= 4 is 27.5 Å². The summed E-state index contributed by atoms with van der Waals surface area (Å²) in [4.78, 5) is 24.2. The molecule has 0 N–H and O–H groups in total. The third-order valence-corrected chi connectivity index (χ3v) is 5.32. The Labute approximate surface area is 179 Å². The van der Waals surface area contributed by atoms with E-state index in [1.165, 1.54) is 0 Å². The smallest absolute Gasteiger partial charge is 0.167 e. The number of hydrogen-bond acceptors (Lipinski definition) is 3. The number of carbonyl (C=O) groups is 2. The minimum absolute atomic E-state index is 0.0345. The van der Waals surface area contributed by atoms with Gasteiger partial charge in [0.05, 0.1) is 0 Å². The van der Waals surface area contributed by atoms with Gasteiger partial charge in [-0.05, 0) is 56.2 Å². The molecule has 3 rings (SSSR count). The molecular weight excluding hydrogens is 428 g/mol. The van der Waals surface area contributed by atoms with Crippen LogP contribution in [0.5, 0.6) is 5.75 Å². The molecular formula is C25H23BrO3. The van der Waals surface area contributed by atoms with Crippen molar-refractivity contribution in [2.24, 2.45) is 0 Å². The van der Waals surface area contributed by atoms with Gasteiger partial charge >= 0.3 is 0 Å². The van der Waals surface area contributed by atoms with Crippen molar-refractivity contribution in [2.45, 2.75) is 32.8 Å². The van der Waals surface area contributed by atoms with Crippen LogP contribution < -0.4 is 4.74 Å². The summed E-state index contributed by atoms with van der Waals surface area (Å²) in [6.07, 6.45) is 0.340. The number of carbonyl (C=O) groups excluding carboxylic acids is 2. The quantitative estimate of drug-likeness (QED) is 0.391. The van der Waals surface area contributed by atoms with Crippen molar-refractivity contribution in [1.82, 2.24) is 0 Å². The first kappa shape index (κ1) is 21.0. The molecule has 0 aliphatic rings. The highest BCUT2D eigenvalue weighted by molar-refractivity contribution is 9.10. The predicted molar refractivity (Wildman–Crippen MR) is 119 cm³/mol. The number of Topliss-reactive ketones (excluding diaryl/α,β-unsaturated/α-hetero) is 2. The number of benzene rings is 3. The second-order valence-corrected chi connectivity index (χ2v) is 8.42. The minimum atomic E-state index is -0.608. The molecule has 3 aromatic rings. The summed E-state index contributed by atoms with van der Waals surface area (Å²) in [6.45, 7) is 5.48. The van der Waals surface area contributed by atoms with Crippen molar-refractivity contribution in [1.29, 1.82) is 0 Å². The van der Waals surface area contributed by atoms with Crippen molar-refractivity contribution in [3.63, 3.8) is 0 Å². The number of ether oxygens (including phenoxy) is 1. The minimum Gasteiger partial charge on any atom is -0.483 e. The Morgan fingerprint density at radius 2 is 1.55 bits per heavy atom. The molecule has 0 fully saturated rings. The van der Waals surface area contributed by atoms with Crippen LogP contribution in [0.4, 0.5) is 0 Å². The third-order valence-electron chi connectivity index (χ3n) is 4.79. The highest BCUT2D eigenvalue weighted by atomic mass is 79.9. The van der Waals surface area contributed by atoms with Gasteiger partial charge in [-0.25, -0.2) is 0 Å². The number of halogens is 1. The van der Waals surface area contributed by atoms with Gasteiger partial charge in [0, 0.05) is 22.0 Å². The van der Waals surface area contributed by atoms with Gasteiger partial charge in [0.15, 0.2) is 11.6 Å². The largest absolute Gasteiger partial charge is 0.483 e. The monoisotopic (exact) mass is 450 g/mol. The van der Waals surface area contributed by atoms with Gasteiger partial charge in [-0.3, -0.25) is 9.59 Å². The molecule has 0 saturated carbocycles. The van der Waals surface area contributed by atoms with Crippen molar-refractivity contribution in [2.75, 3.05) is 0 Å². The van der Waals surface area contributed by atoms with E-state index < -0.39 is 5.60 Å². The Hall–Kier alpha value is -2.72. The van der Waals surface area contributed by atoms with Crippen LogP contribution in [-0.2, 0) is 12.0 Å². The van der Waals surface area contributed by atoms with Crippen LogP contribution in [-0.4, -0.2) is 11.6 Å². The zero-order valence-electron chi connectivity index (χ0n) is 16.7. The van der Waals surface area contributed by atoms with Gasteiger partial charge in [0.1, 0.15) is 11.4 Å². The lowest BCUT2D eigenvalue weighted by Gasteiger charge is -2.27. The lowest BCUT2D eigenvalue weighted by atomic mass is 9.96. The van der Waals surface area contributed by atoms with E-state index in [0.717, 1.165) is 15.6 Å². The standard InChI is InChI=1S/C25H23BrO3/c1-17(27)19-9-11-21(12-10-19)25(2,3)29-23-6-4-5-20(16-23)24(28)15-18-7-13-22(26)14-8-18/h4-14,16H,15H2,1-3H3. The third kappa shape index (κ3) is 5.42. The van der Waals surface area contributed by atoms with Crippen molar-refractivity contribution in [3.05, 3.63) is 99.5 Å². The maximum absolute atomic E-state index is 12.7. The lowest BCUT2D eigenvalue weighted by Crippen LogP contribution is -2.25. The van der Waals surface area contributed by atoms with Crippen molar-refractivity contribution < 1.29 is 14.3 Å². The van der Waals surface area contributed by atoms with E-state index >= 15 is 0 Å². The Kier molecular flexibility index (Phi) is 6.33. The molecule has 0 aromatic heterocycles. The molecule has 0 aliphatic heterocycles. The Balaban J connectivity index is 1.75. The van der Waals surface area contributed by atoms with Crippen LogP contribution in [0, 0.1) is 0 Å². The summed E-state index contributed by atoms with van der Waals surface area (Å²) in [5.41, 5.74) is 2.60. The van der Waals surface area contributed by atoms with Gasteiger partial charge < -0.3 is 4.74 Å². The van der Waals surface area contributed by atoms with E-state index in [4.69, 9.17) is 4.74 Å². The fourth-order valence-corrected chi connectivity index (χ4v) is 3.35. The molecule has 29 heavy (non-hydrogen) atoms. The van der Waals surface area contributed by atoms with Crippen LogP contribution >= 0.6 is 15.9 Å². The molecule has 0 amide bonds. The average Bonchev–Trinajstić information content (AvgIpc) is 2.69. The SMILES string of the molecule is CC(=O)c1ccc(C(C)(C)Oc2cccc(C(=O)Cc3ccc(Br)cc3)c2)cc1. The first-order valence-electron chi connectivity index (χ1n) is 9.43.